The van der Waals surface area contributed by atoms with E-state index >= 15 is 0 Å². The first-order valence-corrected chi connectivity index (χ1v) is 6.16. The number of benzene rings is 1. The van der Waals surface area contributed by atoms with E-state index in [4.69, 9.17) is 0 Å². The minimum atomic E-state index is -0.774. The van der Waals surface area contributed by atoms with Gasteiger partial charge in [0.05, 0.1) is 10.6 Å². The van der Waals surface area contributed by atoms with Gasteiger partial charge in [0.2, 0.25) is 0 Å². The molecule has 17 heavy (non-hydrogen) atoms. The molecule has 1 aromatic heterocycles. The lowest BCUT2D eigenvalue weighted by atomic mass is 10.0. The molecule has 0 aliphatic rings. The van der Waals surface area contributed by atoms with Crippen molar-refractivity contribution >= 4 is 11.5 Å². The van der Waals surface area contributed by atoms with Gasteiger partial charge in [-0.2, -0.15) is 0 Å². The number of hydrogen-bond acceptors (Lipinski definition) is 4. The Morgan fingerprint density at radius 1 is 1.47 bits per heavy atom. The van der Waals surface area contributed by atoms with E-state index in [0.29, 0.717) is 11.1 Å². The standard InChI is InChI=1S/C12H13FN2OS/c1-3-10-12(17-15-14-10)11(16)8-4-5-9(13)7(2)6-8/h4-6,11,16H,3H2,1-2H3. The highest BCUT2D eigenvalue weighted by Gasteiger charge is 2.18. The molecule has 3 nitrogen and oxygen atoms in total. The molecular weight excluding hydrogens is 239 g/mol. The van der Waals surface area contributed by atoms with Crippen molar-refractivity contribution in [2.24, 2.45) is 0 Å². The number of hydrogen-bond donors (Lipinski definition) is 1. The van der Waals surface area contributed by atoms with Gasteiger partial charge in [-0.3, -0.25) is 0 Å². The van der Waals surface area contributed by atoms with Crippen molar-refractivity contribution < 1.29 is 9.50 Å². The van der Waals surface area contributed by atoms with Gasteiger partial charge in [-0.15, -0.1) is 5.10 Å². The lowest BCUT2D eigenvalue weighted by Gasteiger charge is -2.10. The van der Waals surface area contributed by atoms with Gasteiger partial charge in [-0.25, -0.2) is 4.39 Å². The molecule has 1 N–H and O–H groups in total. The number of halogens is 1. The molecule has 1 heterocycles. The molecule has 2 aromatic rings. The van der Waals surface area contributed by atoms with Gasteiger partial charge < -0.3 is 5.11 Å². The van der Waals surface area contributed by atoms with Crippen LogP contribution in [0.2, 0.25) is 0 Å². The smallest absolute Gasteiger partial charge is 0.126 e. The third kappa shape index (κ3) is 2.35. The quantitative estimate of drug-likeness (QED) is 0.913. The summed E-state index contributed by atoms with van der Waals surface area (Å²) in [4.78, 5) is 0.735. The SMILES string of the molecule is CCc1nnsc1C(O)c1ccc(F)c(C)c1. The maximum absolute atomic E-state index is 13.1. The Morgan fingerprint density at radius 3 is 2.88 bits per heavy atom. The van der Waals surface area contributed by atoms with Gasteiger partial charge in [0.15, 0.2) is 0 Å². The first-order chi connectivity index (χ1) is 8.13. The fourth-order valence-electron chi connectivity index (χ4n) is 1.66. The van der Waals surface area contributed by atoms with Gasteiger partial charge in [-0.05, 0) is 42.1 Å². The molecule has 5 heteroatoms. The molecule has 0 saturated carbocycles. The van der Waals surface area contributed by atoms with Crippen LogP contribution in [-0.4, -0.2) is 14.7 Å². The normalized spacial score (nSPS) is 12.7. The van der Waals surface area contributed by atoms with Crippen LogP contribution < -0.4 is 0 Å². The Balaban J connectivity index is 2.36. The number of rotatable bonds is 3. The summed E-state index contributed by atoms with van der Waals surface area (Å²) in [5, 5.41) is 14.2. The summed E-state index contributed by atoms with van der Waals surface area (Å²) in [6.07, 6.45) is -0.0486. The molecule has 0 saturated heterocycles. The van der Waals surface area contributed by atoms with Crippen molar-refractivity contribution in [2.75, 3.05) is 0 Å². The van der Waals surface area contributed by atoms with Crippen LogP contribution in [0.5, 0.6) is 0 Å². The largest absolute Gasteiger partial charge is 0.383 e. The third-order valence-corrected chi connectivity index (χ3v) is 3.48. The van der Waals surface area contributed by atoms with Crippen LogP contribution in [0, 0.1) is 12.7 Å². The van der Waals surface area contributed by atoms with E-state index in [-0.39, 0.29) is 5.82 Å². The third-order valence-electron chi connectivity index (χ3n) is 2.67. The Morgan fingerprint density at radius 2 is 2.24 bits per heavy atom. The molecule has 2 rings (SSSR count). The molecule has 0 radical (unpaired) electrons. The Hall–Kier alpha value is -1.33. The highest BCUT2D eigenvalue weighted by Crippen LogP contribution is 2.28. The monoisotopic (exact) mass is 252 g/mol. The van der Waals surface area contributed by atoms with Crippen LogP contribution in [0.4, 0.5) is 4.39 Å². The topological polar surface area (TPSA) is 46.0 Å². The zero-order valence-corrected chi connectivity index (χ0v) is 10.5. The van der Waals surface area contributed by atoms with Crippen molar-refractivity contribution in [1.82, 2.24) is 9.59 Å². The van der Waals surface area contributed by atoms with Gasteiger partial charge in [0, 0.05) is 0 Å². The molecule has 0 bridgehead atoms. The van der Waals surface area contributed by atoms with Gasteiger partial charge in [0.1, 0.15) is 11.9 Å². The van der Waals surface area contributed by atoms with E-state index in [1.807, 2.05) is 6.92 Å². The molecular formula is C12H13FN2OS. The Bertz CT molecular complexity index is 527. The zero-order chi connectivity index (χ0) is 12.4. The van der Waals surface area contributed by atoms with E-state index in [1.165, 1.54) is 17.6 Å². The average molecular weight is 252 g/mol. The summed E-state index contributed by atoms with van der Waals surface area (Å²) in [5.41, 5.74) is 1.99. The fraction of sp³-hybridized carbons (Fsp3) is 0.333. The molecule has 1 atom stereocenters. The van der Waals surface area contributed by atoms with Crippen LogP contribution in [0.1, 0.15) is 34.7 Å². The maximum atomic E-state index is 13.1. The second kappa shape index (κ2) is 4.89. The molecule has 0 amide bonds. The van der Waals surface area contributed by atoms with Crippen molar-refractivity contribution in [2.45, 2.75) is 26.4 Å². The van der Waals surface area contributed by atoms with Crippen LogP contribution in [0.15, 0.2) is 18.2 Å². The first-order valence-electron chi connectivity index (χ1n) is 5.38. The Kier molecular flexibility index (Phi) is 3.49. The highest BCUT2D eigenvalue weighted by atomic mass is 32.1. The van der Waals surface area contributed by atoms with E-state index in [0.717, 1.165) is 17.0 Å². The summed E-state index contributed by atoms with van der Waals surface area (Å²) < 4.78 is 17.0. The lowest BCUT2D eigenvalue weighted by molar-refractivity contribution is 0.222. The van der Waals surface area contributed by atoms with E-state index < -0.39 is 6.10 Å². The molecule has 0 aliphatic heterocycles. The maximum Gasteiger partial charge on any atom is 0.126 e. The molecule has 1 unspecified atom stereocenters. The summed E-state index contributed by atoms with van der Waals surface area (Å²) in [7, 11) is 0. The van der Waals surface area contributed by atoms with E-state index in [1.54, 1.807) is 19.1 Å². The van der Waals surface area contributed by atoms with E-state index in [9.17, 15) is 9.50 Å². The summed E-state index contributed by atoms with van der Waals surface area (Å²) in [6.45, 7) is 3.64. The zero-order valence-electron chi connectivity index (χ0n) is 9.64. The number of aliphatic hydroxyl groups excluding tert-OH is 1. The lowest BCUT2D eigenvalue weighted by Crippen LogP contribution is -2.01. The van der Waals surface area contributed by atoms with Gasteiger partial charge >= 0.3 is 0 Å². The van der Waals surface area contributed by atoms with Crippen LogP contribution in [-0.2, 0) is 6.42 Å². The number of nitrogens with zero attached hydrogens (tertiary/aromatic N) is 2. The summed E-state index contributed by atoms with van der Waals surface area (Å²) in [6, 6.07) is 4.61. The van der Waals surface area contributed by atoms with Crippen LogP contribution in [0.3, 0.4) is 0 Å². The number of aromatic nitrogens is 2. The van der Waals surface area contributed by atoms with Gasteiger partial charge in [-0.1, -0.05) is 23.5 Å². The predicted octanol–water partition coefficient (Wildman–Crippen LogP) is 2.63. The Labute approximate surface area is 103 Å². The molecule has 0 fully saturated rings. The minimum absolute atomic E-state index is 0.265. The number of aliphatic hydroxyl groups is 1. The van der Waals surface area contributed by atoms with Crippen molar-refractivity contribution in [3.8, 4) is 0 Å². The first kappa shape index (κ1) is 12.1. The van der Waals surface area contributed by atoms with Crippen molar-refractivity contribution in [3.63, 3.8) is 0 Å². The molecule has 0 spiro atoms. The molecule has 0 aliphatic carbocycles. The minimum Gasteiger partial charge on any atom is -0.383 e. The fourth-order valence-corrected chi connectivity index (χ4v) is 2.41. The summed E-state index contributed by atoms with van der Waals surface area (Å²) in [5.74, 6) is -0.265. The van der Waals surface area contributed by atoms with Gasteiger partial charge in [0.25, 0.3) is 0 Å². The van der Waals surface area contributed by atoms with E-state index in [2.05, 4.69) is 9.59 Å². The predicted molar refractivity (Wildman–Crippen MR) is 64.5 cm³/mol. The van der Waals surface area contributed by atoms with Crippen LogP contribution in [0.25, 0.3) is 0 Å². The summed E-state index contributed by atoms with van der Waals surface area (Å²) >= 11 is 1.18. The molecule has 1 aromatic carbocycles. The van der Waals surface area contributed by atoms with Crippen molar-refractivity contribution in [3.05, 3.63) is 45.7 Å². The number of aryl methyl sites for hydroxylation is 2. The van der Waals surface area contributed by atoms with Crippen molar-refractivity contribution in [1.29, 1.82) is 0 Å². The second-order valence-corrected chi connectivity index (χ2v) is 4.63. The average Bonchev–Trinajstić information content (AvgIpc) is 2.80. The molecule has 90 valence electrons. The second-order valence-electron chi connectivity index (χ2n) is 3.85. The highest BCUT2D eigenvalue weighted by molar-refractivity contribution is 7.05. The van der Waals surface area contributed by atoms with Crippen LogP contribution >= 0.6 is 11.5 Å².